The average molecular weight is 438 g/mol. The Hall–Kier alpha value is -2.55. The summed E-state index contributed by atoms with van der Waals surface area (Å²) in [4.78, 5) is 14.6. The minimum absolute atomic E-state index is 0.0954. The standard InChI is InChI=1S/C30H35N3/c1-28(2)23-13-11-20(15-24(23)29(3,4)30(28,5)6)25-14-12-21(16-31-25)27-32-17-22-18-7-9-19(10-8-18)26(22)33-27/h11-19H,7-10H2,1-6H3. The van der Waals surface area contributed by atoms with E-state index in [2.05, 4.69) is 78.1 Å². The lowest BCUT2D eigenvalue weighted by Gasteiger charge is -2.44. The van der Waals surface area contributed by atoms with E-state index in [4.69, 9.17) is 15.0 Å². The topological polar surface area (TPSA) is 38.7 Å². The highest BCUT2D eigenvalue weighted by Gasteiger charge is 2.56. The Labute approximate surface area is 198 Å². The molecule has 2 heterocycles. The van der Waals surface area contributed by atoms with Crippen LogP contribution in [0.4, 0.5) is 0 Å². The number of hydrogen-bond donors (Lipinski definition) is 0. The third-order valence-electron chi connectivity index (χ3n) is 10.2. The van der Waals surface area contributed by atoms with Gasteiger partial charge in [0.25, 0.3) is 0 Å². The first-order chi connectivity index (χ1) is 15.6. The molecule has 3 aromatic rings. The van der Waals surface area contributed by atoms with Crippen molar-refractivity contribution in [1.29, 1.82) is 0 Å². The van der Waals surface area contributed by atoms with E-state index in [1.165, 1.54) is 53.6 Å². The highest BCUT2D eigenvalue weighted by atomic mass is 14.9. The zero-order valence-corrected chi connectivity index (χ0v) is 20.9. The summed E-state index contributed by atoms with van der Waals surface area (Å²) in [6.45, 7) is 14.4. The summed E-state index contributed by atoms with van der Waals surface area (Å²) in [5.41, 5.74) is 9.22. The monoisotopic (exact) mass is 437 g/mol. The molecule has 4 aliphatic carbocycles. The van der Waals surface area contributed by atoms with Crippen molar-refractivity contribution < 1.29 is 0 Å². The highest BCUT2D eigenvalue weighted by Crippen LogP contribution is 2.61. The van der Waals surface area contributed by atoms with Crippen LogP contribution in [0.15, 0.2) is 42.7 Å². The molecule has 0 amide bonds. The molecule has 2 aromatic heterocycles. The zero-order chi connectivity index (χ0) is 23.2. The second-order valence-electron chi connectivity index (χ2n) is 12.2. The van der Waals surface area contributed by atoms with Crippen molar-refractivity contribution in [2.24, 2.45) is 5.41 Å². The maximum Gasteiger partial charge on any atom is 0.160 e. The summed E-state index contributed by atoms with van der Waals surface area (Å²) < 4.78 is 0. The molecule has 1 saturated carbocycles. The quantitative estimate of drug-likeness (QED) is 0.415. The van der Waals surface area contributed by atoms with Crippen LogP contribution < -0.4 is 0 Å². The van der Waals surface area contributed by atoms with E-state index in [0.29, 0.717) is 11.8 Å². The number of nitrogens with zero attached hydrogens (tertiary/aromatic N) is 3. The first-order valence-electron chi connectivity index (χ1n) is 12.6. The highest BCUT2D eigenvalue weighted by molar-refractivity contribution is 5.67. The minimum atomic E-state index is 0.0954. The Morgan fingerprint density at radius 1 is 0.697 bits per heavy atom. The lowest BCUT2D eigenvalue weighted by atomic mass is 9.59. The molecule has 1 fully saturated rings. The van der Waals surface area contributed by atoms with Gasteiger partial charge in [-0.1, -0.05) is 53.7 Å². The van der Waals surface area contributed by atoms with Crippen LogP contribution in [-0.4, -0.2) is 15.0 Å². The van der Waals surface area contributed by atoms with Crippen molar-refractivity contribution in [2.75, 3.05) is 0 Å². The lowest BCUT2D eigenvalue weighted by molar-refractivity contribution is 0.125. The van der Waals surface area contributed by atoms with Gasteiger partial charge in [0.05, 0.1) is 11.4 Å². The van der Waals surface area contributed by atoms with Gasteiger partial charge >= 0.3 is 0 Å². The number of hydrogen-bond acceptors (Lipinski definition) is 3. The van der Waals surface area contributed by atoms with Crippen molar-refractivity contribution in [3.05, 3.63) is 65.1 Å². The van der Waals surface area contributed by atoms with Gasteiger partial charge in [-0.05, 0) is 82.7 Å². The van der Waals surface area contributed by atoms with Crippen LogP contribution in [0.3, 0.4) is 0 Å². The molecule has 0 saturated heterocycles. The van der Waals surface area contributed by atoms with Gasteiger partial charge in [0, 0.05) is 29.4 Å². The minimum Gasteiger partial charge on any atom is -0.255 e. The zero-order valence-electron chi connectivity index (χ0n) is 20.9. The van der Waals surface area contributed by atoms with E-state index >= 15 is 0 Å². The molecule has 4 aliphatic rings. The number of benzene rings is 1. The van der Waals surface area contributed by atoms with Gasteiger partial charge in [0.2, 0.25) is 0 Å². The summed E-state index contributed by atoms with van der Waals surface area (Å²) in [6, 6.07) is 11.2. The van der Waals surface area contributed by atoms with Crippen molar-refractivity contribution >= 4 is 0 Å². The van der Waals surface area contributed by atoms with Crippen molar-refractivity contribution in [1.82, 2.24) is 15.0 Å². The summed E-state index contributed by atoms with van der Waals surface area (Å²) in [7, 11) is 0. The fourth-order valence-corrected chi connectivity index (χ4v) is 6.78. The van der Waals surface area contributed by atoms with E-state index in [1.807, 2.05) is 6.20 Å². The molecule has 33 heavy (non-hydrogen) atoms. The molecule has 0 aliphatic heterocycles. The largest absolute Gasteiger partial charge is 0.255 e. The molecule has 0 spiro atoms. The molecule has 7 rings (SSSR count). The Morgan fingerprint density at radius 3 is 2.06 bits per heavy atom. The Kier molecular flexibility index (Phi) is 4.29. The van der Waals surface area contributed by atoms with Crippen LogP contribution >= 0.6 is 0 Å². The molecule has 3 nitrogen and oxygen atoms in total. The second kappa shape index (κ2) is 6.74. The molecule has 1 aromatic carbocycles. The maximum atomic E-state index is 5.02. The van der Waals surface area contributed by atoms with E-state index in [-0.39, 0.29) is 16.2 Å². The number of aromatic nitrogens is 3. The summed E-state index contributed by atoms with van der Waals surface area (Å²) >= 11 is 0. The Morgan fingerprint density at radius 2 is 1.36 bits per heavy atom. The fraction of sp³-hybridized carbons (Fsp3) is 0.500. The first-order valence-corrected chi connectivity index (χ1v) is 12.6. The lowest BCUT2D eigenvalue weighted by Crippen LogP contribution is -2.42. The van der Waals surface area contributed by atoms with Crippen molar-refractivity contribution in [2.45, 2.75) is 89.9 Å². The van der Waals surface area contributed by atoms with Crippen LogP contribution in [0.5, 0.6) is 0 Å². The van der Waals surface area contributed by atoms with Crippen LogP contribution in [0.1, 0.15) is 101 Å². The smallest absolute Gasteiger partial charge is 0.160 e. The second-order valence-corrected chi connectivity index (χ2v) is 12.2. The maximum absolute atomic E-state index is 5.02. The van der Waals surface area contributed by atoms with E-state index in [9.17, 15) is 0 Å². The first kappa shape index (κ1) is 21.0. The Bertz CT molecular complexity index is 1240. The summed E-state index contributed by atoms with van der Waals surface area (Å²) in [6.07, 6.45) is 9.23. The van der Waals surface area contributed by atoms with E-state index in [1.54, 1.807) is 0 Å². The summed E-state index contributed by atoms with van der Waals surface area (Å²) in [5, 5.41) is 0. The van der Waals surface area contributed by atoms with Gasteiger partial charge in [-0.3, -0.25) is 4.98 Å². The predicted octanol–water partition coefficient (Wildman–Crippen LogP) is 7.56. The third-order valence-corrected chi connectivity index (χ3v) is 10.2. The molecule has 0 atom stereocenters. The van der Waals surface area contributed by atoms with Gasteiger partial charge < -0.3 is 0 Å². The van der Waals surface area contributed by atoms with E-state index < -0.39 is 0 Å². The van der Waals surface area contributed by atoms with Gasteiger partial charge in [0.15, 0.2) is 5.82 Å². The third kappa shape index (κ3) is 2.77. The summed E-state index contributed by atoms with van der Waals surface area (Å²) in [5.74, 6) is 2.12. The number of fused-ring (bicyclic) bond motifs is 3. The normalized spacial score (nSPS) is 25.5. The molecule has 0 unspecified atom stereocenters. The SMILES string of the molecule is CC1(C)c2ccc(-c3ccc(-c4ncc5c(n4)C4CCC5CC4)cn3)cc2C(C)(C)C1(C)C. The Balaban J connectivity index is 1.34. The van der Waals surface area contributed by atoms with Crippen LogP contribution in [-0.2, 0) is 10.8 Å². The molecule has 0 N–H and O–H groups in total. The predicted molar refractivity (Wildman–Crippen MR) is 134 cm³/mol. The fourth-order valence-electron chi connectivity index (χ4n) is 6.78. The number of rotatable bonds is 2. The van der Waals surface area contributed by atoms with Crippen LogP contribution in [0.2, 0.25) is 0 Å². The average Bonchev–Trinajstić information content (AvgIpc) is 2.94. The van der Waals surface area contributed by atoms with Gasteiger partial charge in [-0.2, -0.15) is 0 Å². The van der Waals surface area contributed by atoms with E-state index in [0.717, 1.165) is 17.1 Å². The van der Waals surface area contributed by atoms with Gasteiger partial charge in [-0.25, -0.2) is 9.97 Å². The molecule has 3 heteroatoms. The molecular weight excluding hydrogens is 402 g/mol. The van der Waals surface area contributed by atoms with Crippen molar-refractivity contribution in [3.8, 4) is 22.6 Å². The molecular formula is C30H35N3. The molecule has 2 bridgehead atoms. The number of pyridine rings is 1. The van der Waals surface area contributed by atoms with Crippen LogP contribution in [0.25, 0.3) is 22.6 Å². The molecule has 170 valence electrons. The van der Waals surface area contributed by atoms with Crippen LogP contribution in [0, 0.1) is 5.41 Å². The van der Waals surface area contributed by atoms with Gasteiger partial charge in [-0.15, -0.1) is 0 Å². The van der Waals surface area contributed by atoms with Gasteiger partial charge in [0.1, 0.15) is 0 Å². The molecule has 0 radical (unpaired) electrons. The van der Waals surface area contributed by atoms with Crippen molar-refractivity contribution in [3.63, 3.8) is 0 Å².